The molecule has 3 fully saturated rings. The van der Waals surface area contributed by atoms with Gasteiger partial charge in [-0.25, -0.2) is 0 Å². The van der Waals surface area contributed by atoms with Crippen molar-refractivity contribution in [1.82, 2.24) is 10.2 Å². The van der Waals surface area contributed by atoms with E-state index in [4.69, 9.17) is 61.6 Å². The van der Waals surface area contributed by atoms with E-state index in [2.05, 4.69) is 10.2 Å². The summed E-state index contributed by atoms with van der Waals surface area (Å²) in [4.78, 5) is 102. The number of carbonyl (C=O) groups excluding carboxylic acids is 8. The smallest absolute Gasteiger partial charge is 0.303 e. The highest BCUT2D eigenvalue weighted by Crippen LogP contribution is 2.37. The van der Waals surface area contributed by atoms with Gasteiger partial charge in [0, 0.05) is 80.2 Å². The number of ether oxygens (including phenoxy) is 13. The van der Waals surface area contributed by atoms with Gasteiger partial charge in [-0.1, -0.05) is 0 Å². The number of benzene rings is 1. The second-order valence-corrected chi connectivity index (χ2v) is 14.4. The number of methoxy groups -OCH3 is 1. The zero-order valence-electron chi connectivity index (χ0n) is 36.2. The lowest BCUT2D eigenvalue weighted by Gasteiger charge is -2.48. The number of hydrogen-bond acceptors (Lipinski definition) is 22. The third-order valence-electron chi connectivity index (χ3n) is 9.37. The first-order chi connectivity index (χ1) is 29.9. The number of esters is 7. The Balaban J connectivity index is 1.73. The van der Waals surface area contributed by atoms with Crippen molar-refractivity contribution in [3.8, 4) is 11.5 Å². The molecule has 1 amide bonds. The molecule has 1 aromatic rings. The van der Waals surface area contributed by atoms with Crippen LogP contribution in [0.25, 0.3) is 0 Å². The van der Waals surface area contributed by atoms with Crippen LogP contribution in [0.4, 0.5) is 0 Å². The Labute approximate surface area is 362 Å². The summed E-state index contributed by atoms with van der Waals surface area (Å²) in [6.45, 7) is 9.82. The quantitative estimate of drug-likeness (QED) is 0.147. The zero-order valence-corrected chi connectivity index (χ0v) is 36.2. The zero-order chi connectivity index (χ0) is 46.4. The molecule has 23 nitrogen and oxygen atoms in total. The Kier molecular flexibility index (Phi) is 18.8. The molecule has 0 spiro atoms. The lowest BCUT2D eigenvalue weighted by Crippen LogP contribution is -2.67. The maximum Gasteiger partial charge on any atom is 0.303 e. The van der Waals surface area contributed by atoms with Gasteiger partial charge < -0.3 is 66.9 Å². The van der Waals surface area contributed by atoms with E-state index < -0.39 is 122 Å². The Bertz CT molecular complexity index is 1800. The van der Waals surface area contributed by atoms with Gasteiger partial charge in [0.05, 0.1) is 20.3 Å². The summed E-state index contributed by atoms with van der Waals surface area (Å²) >= 11 is 0. The molecule has 1 aromatic carbocycles. The fourth-order valence-electron chi connectivity index (χ4n) is 6.85. The molecule has 23 heteroatoms. The molecule has 0 saturated carbocycles. The van der Waals surface area contributed by atoms with Crippen molar-refractivity contribution in [2.45, 2.75) is 110 Å². The van der Waals surface area contributed by atoms with Gasteiger partial charge in [0.1, 0.15) is 31.5 Å². The van der Waals surface area contributed by atoms with Gasteiger partial charge in [-0.15, -0.1) is 0 Å². The third-order valence-corrected chi connectivity index (χ3v) is 9.37. The highest BCUT2D eigenvalue weighted by molar-refractivity contribution is 5.94. The van der Waals surface area contributed by atoms with Crippen LogP contribution >= 0.6 is 0 Å². The van der Waals surface area contributed by atoms with Gasteiger partial charge in [0.25, 0.3) is 5.91 Å². The number of carbonyl (C=O) groups is 8. The van der Waals surface area contributed by atoms with E-state index in [1.807, 2.05) is 0 Å². The number of nitrogens with one attached hydrogen (secondary N) is 1. The first-order valence-electron chi connectivity index (χ1n) is 19.9. The maximum absolute atomic E-state index is 13.1. The van der Waals surface area contributed by atoms with Crippen molar-refractivity contribution in [2.24, 2.45) is 0 Å². The predicted molar refractivity (Wildman–Crippen MR) is 206 cm³/mol. The summed E-state index contributed by atoms with van der Waals surface area (Å²) in [6, 6.07) is 4.24. The highest BCUT2D eigenvalue weighted by atomic mass is 16.8. The Hall–Kier alpha value is -5.62. The van der Waals surface area contributed by atoms with Gasteiger partial charge in [-0.3, -0.25) is 43.3 Å². The van der Waals surface area contributed by atoms with Gasteiger partial charge >= 0.3 is 41.8 Å². The summed E-state index contributed by atoms with van der Waals surface area (Å²) in [6.07, 6.45) is -16.5. The second kappa shape index (κ2) is 23.7. The molecule has 3 heterocycles. The molecule has 1 N–H and O–H groups in total. The summed E-state index contributed by atoms with van der Waals surface area (Å²) in [7, 11) is 1.32. The van der Waals surface area contributed by atoms with Crippen LogP contribution in [0.3, 0.4) is 0 Å². The van der Waals surface area contributed by atoms with Crippen LogP contribution in [0.1, 0.15) is 58.8 Å². The molecular formula is C40H54N2O21. The average molecular weight is 899 g/mol. The predicted octanol–water partition coefficient (Wildman–Crippen LogP) is -0.244. The molecule has 3 saturated heterocycles. The first kappa shape index (κ1) is 50.0. The minimum Gasteiger partial charge on any atom is -0.493 e. The first-order valence-corrected chi connectivity index (χ1v) is 19.9. The third kappa shape index (κ3) is 15.0. The van der Waals surface area contributed by atoms with Gasteiger partial charge in [0.2, 0.25) is 12.4 Å². The standard InChI is InChI=1S/C40H54N2O21/c1-20(43)53-18-30-32(55-22(3)45)34(56-23(4)46)37(59-26(7)49)40(62-30)63-33-31(19-54-21(2)44)61-39(36(58-25(6)48)35(33)57-24(5)47)60-28-10-9-27(17-29(28)51-8)38(50)41-11-12-42-13-15-52-16-14-42/h9-10,17,30-37,39-40H,11-16,18-19H2,1-8H3,(H,41,50). The van der Waals surface area contributed by atoms with E-state index in [9.17, 15) is 38.4 Å². The van der Waals surface area contributed by atoms with E-state index in [0.717, 1.165) is 61.6 Å². The van der Waals surface area contributed by atoms with E-state index in [1.54, 1.807) is 0 Å². The van der Waals surface area contributed by atoms with Crippen molar-refractivity contribution in [2.75, 3.05) is 59.7 Å². The molecular weight excluding hydrogens is 844 g/mol. The fraction of sp³-hybridized carbons (Fsp3) is 0.650. The van der Waals surface area contributed by atoms with E-state index in [0.29, 0.717) is 26.3 Å². The number of amides is 1. The number of rotatable bonds is 18. The number of nitrogens with zero attached hydrogens (tertiary/aromatic N) is 1. The van der Waals surface area contributed by atoms with E-state index >= 15 is 0 Å². The lowest BCUT2D eigenvalue weighted by molar-refractivity contribution is -0.354. The topological polar surface area (TPSA) is 272 Å². The largest absolute Gasteiger partial charge is 0.493 e. The molecule has 4 rings (SSSR count). The second-order valence-electron chi connectivity index (χ2n) is 14.4. The van der Waals surface area contributed by atoms with Crippen molar-refractivity contribution in [3.63, 3.8) is 0 Å². The molecule has 3 aliphatic rings. The number of hydrogen-bond donors (Lipinski definition) is 1. The monoisotopic (exact) mass is 898 g/mol. The SMILES string of the molecule is COc1cc(C(=O)NCCN2CCOCC2)ccc1OC1OC(COC(C)=O)C(OC2OC(COC(C)=O)C(OC(C)=O)C(OC(C)=O)C2OC(C)=O)C(OC(C)=O)C1OC(C)=O. The number of morpholine rings is 1. The summed E-state index contributed by atoms with van der Waals surface area (Å²) < 4.78 is 74.2. The van der Waals surface area contributed by atoms with Crippen LogP contribution in [0, 0.1) is 0 Å². The Morgan fingerprint density at radius 3 is 1.60 bits per heavy atom. The van der Waals surface area contributed by atoms with Crippen LogP contribution < -0.4 is 14.8 Å². The molecule has 10 atom stereocenters. The van der Waals surface area contributed by atoms with Crippen molar-refractivity contribution < 1.29 is 99.9 Å². The van der Waals surface area contributed by atoms with Crippen molar-refractivity contribution in [1.29, 1.82) is 0 Å². The Morgan fingerprint density at radius 1 is 0.603 bits per heavy atom. The Morgan fingerprint density at radius 2 is 1.08 bits per heavy atom. The lowest BCUT2D eigenvalue weighted by atomic mass is 9.96. The average Bonchev–Trinajstić information content (AvgIpc) is 3.20. The van der Waals surface area contributed by atoms with Crippen LogP contribution in [0.2, 0.25) is 0 Å². The van der Waals surface area contributed by atoms with Gasteiger partial charge in [-0.05, 0) is 18.2 Å². The van der Waals surface area contributed by atoms with Crippen molar-refractivity contribution >= 4 is 47.7 Å². The van der Waals surface area contributed by atoms with Gasteiger partial charge in [-0.2, -0.15) is 0 Å². The highest BCUT2D eigenvalue weighted by Gasteiger charge is 2.58. The summed E-state index contributed by atoms with van der Waals surface area (Å²) in [5, 5.41) is 2.86. The molecule has 0 aliphatic carbocycles. The van der Waals surface area contributed by atoms with Crippen LogP contribution in [0.5, 0.6) is 11.5 Å². The van der Waals surface area contributed by atoms with Crippen LogP contribution in [0.15, 0.2) is 18.2 Å². The summed E-state index contributed by atoms with van der Waals surface area (Å²) in [5.41, 5.74) is 0.214. The minimum atomic E-state index is -1.86. The molecule has 0 radical (unpaired) electrons. The fourth-order valence-corrected chi connectivity index (χ4v) is 6.85. The molecule has 350 valence electrons. The molecule has 0 bridgehead atoms. The molecule has 0 aromatic heterocycles. The molecule has 10 unspecified atom stereocenters. The summed E-state index contributed by atoms with van der Waals surface area (Å²) in [5.74, 6) is -6.54. The molecule has 63 heavy (non-hydrogen) atoms. The normalized spacial score (nSPS) is 27.0. The van der Waals surface area contributed by atoms with Gasteiger partial charge in [0.15, 0.2) is 42.2 Å². The van der Waals surface area contributed by atoms with E-state index in [1.165, 1.54) is 25.3 Å². The van der Waals surface area contributed by atoms with Crippen LogP contribution in [-0.2, 0) is 85.7 Å². The van der Waals surface area contributed by atoms with Crippen LogP contribution in [-0.4, -0.2) is 174 Å². The minimum absolute atomic E-state index is 0.0312. The van der Waals surface area contributed by atoms with E-state index in [-0.39, 0.29) is 17.1 Å². The van der Waals surface area contributed by atoms with Crippen molar-refractivity contribution in [3.05, 3.63) is 23.8 Å². The maximum atomic E-state index is 13.1. The molecule has 3 aliphatic heterocycles.